The minimum Gasteiger partial charge on any atom is -0.444 e. The van der Waals surface area contributed by atoms with Crippen LogP contribution in [0.2, 0.25) is 0 Å². The maximum absolute atomic E-state index is 12.8. The van der Waals surface area contributed by atoms with Gasteiger partial charge in [-0.3, -0.25) is 0 Å². The average Bonchev–Trinajstić information content (AvgIpc) is 2.41. The van der Waals surface area contributed by atoms with Crippen LogP contribution in [-0.4, -0.2) is 24.9 Å². The van der Waals surface area contributed by atoms with Crippen molar-refractivity contribution in [1.29, 1.82) is 0 Å². The highest BCUT2D eigenvalue weighted by Gasteiger charge is 2.16. The second-order valence-corrected chi connectivity index (χ2v) is 5.17. The number of carbonyl (C=O) groups is 1. The number of nitrogens with one attached hydrogen (secondary N) is 1. The van der Waals surface area contributed by atoms with Gasteiger partial charge in [0.15, 0.2) is 0 Å². The third kappa shape index (κ3) is 8.17. The van der Waals surface area contributed by atoms with Crippen LogP contribution in [0.15, 0.2) is 24.3 Å². The van der Waals surface area contributed by atoms with Crippen molar-refractivity contribution in [3.63, 3.8) is 0 Å². The SMILES string of the molecule is CC.CCN(CNC(=O)OC(C)(C)C)c1ccc(F)cc1. The fourth-order valence-corrected chi connectivity index (χ4v) is 1.51. The fourth-order valence-electron chi connectivity index (χ4n) is 1.51. The van der Waals surface area contributed by atoms with Crippen LogP contribution in [-0.2, 0) is 4.74 Å². The highest BCUT2D eigenvalue weighted by atomic mass is 19.1. The van der Waals surface area contributed by atoms with Crippen LogP contribution in [0.5, 0.6) is 0 Å². The molecule has 0 heterocycles. The molecule has 21 heavy (non-hydrogen) atoms. The Morgan fingerprint density at radius 2 is 1.76 bits per heavy atom. The molecule has 1 amide bonds. The molecule has 0 aromatic heterocycles. The lowest BCUT2D eigenvalue weighted by atomic mass is 10.2. The highest BCUT2D eigenvalue weighted by molar-refractivity contribution is 5.68. The molecule has 1 rings (SSSR count). The van der Waals surface area contributed by atoms with Gasteiger partial charge in [-0.1, -0.05) is 13.8 Å². The number of benzene rings is 1. The fraction of sp³-hybridized carbons (Fsp3) is 0.562. The third-order valence-electron chi connectivity index (χ3n) is 2.39. The van der Waals surface area contributed by atoms with E-state index >= 15 is 0 Å². The number of alkyl carbamates (subject to hydrolysis) is 1. The van der Waals surface area contributed by atoms with Gasteiger partial charge in [0.1, 0.15) is 11.4 Å². The summed E-state index contributed by atoms with van der Waals surface area (Å²) in [4.78, 5) is 13.5. The first kappa shape index (κ1) is 19.2. The maximum atomic E-state index is 12.8. The Bertz CT molecular complexity index is 413. The normalized spacial score (nSPS) is 10.2. The van der Waals surface area contributed by atoms with Crippen LogP contribution >= 0.6 is 0 Å². The molecule has 0 aliphatic heterocycles. The van der Waals surface area contributed by atoms with Crippen molar-refractivity contribution in [2.45, 2.75) is 47.1 Å². The largest absolute Gasteiger partial charge is 0.444 e. The van der Waals surface area contributed by atoms with E-state index in [0.29, 0.717) is 13.2 Å². The number of halogens is 1. The summed E-state index contributed by atoms with van der Waals surface area (Å²) in [5.41, 5.74) is 0.330. The van der Waals surface area contributed by atoms with Gasteiger partial charge in [-0.25, -0.2) is 9.18 Å². The molecule has 0 radical (unpaired) electrons. The summed E-state index contributed by atoms with van der Waals surface area (Å²) in [6.07, 6.45) is -0.465. The molecular weight excluding hydrogens is 271 g/mol. The Labute approximate surface area is 127 Å². The number of nitrogens with zero attached hydrogens (tertiary/aromatic N) is 1. The summed E-state index contributed by atoms with van der Waals surface area (Å²) in [7, 11) is 0. The van der Waals surface area contributed by atoms with Crippen molar-refractivity contribution in [3.05, 3.63) is 30.1 Å². The van der Waals surface area contributed by atoms with Gasteiger partial charge in [-0.2, -0.15) is 0 Å². The smallest absolute Gasteiger partial charge is 0.409 e. The molecule has 0 unspecified atom stereocenters. The van der Waals surface area contributed by atoms with Gasteiger partial charge in [0.25, 0.3) is 0 Å². The standard InChI is InChI=1S/C14H21FN2O2.C2H6/c1-5-17(12-8-6-11(15)7-9-12)10-16-13(18)19-14(2,3)4;1-2/h6-9H,5,10H2,1-4H3,(H,16,18);1-2H3. The summed E-state index contributed by atoms with van der Waals surface area (Å²) >= 11 is 0. The topological polar surface area (TPSA) is 41.6 Å². The zero-order valence-electron chi connectivity index (χ0n) is 13.9. The number of hydrogen-bond donors (Lipinski definition) is 1. The molecule has 1 N–H and O–H groups in total. The molecule has 4 nitrogen and oxygen atoms in total. The quantitative estimate of drug-likeness (QED) is 0.849. The number of amides is 1. The molecular formula is C16H27FN2O2. The van der Waals surface area contributed by atoms with E-state index in [9.17, 15) is 9.18 Å². The van der Waals surface area contributed by atoms with Crippen LogP contribution in [0, 0.1) is 5.82 Å². The molecule has 0 saturated carbocycles. The summed E-state index contributed by atoms with van der Waals surface area (Å²) in [6, 6.07) is 6.14. The molecule has 120 valence electrons. The van der Waals surface area contributed by atoms with Gasteiger partial charge in [-0.15, -0.1) is 0 Å². The van der Waals surface area contributed by atoms with Gasteiger partial charge in [0, 0.05) is 12.2 Å². The Morgan fingerprint density at radius 1 is 1.24 bits per heavy atom. The molecule has 0 aliphatic carbocycles. The van der Waals surface area contributed by atoms with Crippen LogP contribution in [0.25, 0.3) is 0 Å². The maximum Gasteiger partial charge on any atom is 0.409 e. The van der Waals surface area contributed by atoms with Gasteiger partial charge in [0.05, 0.1) is 6.67 Å². The number of rotatable bonds is 4. The first-order chi connectivity index (χ1) is 9.81. The number of anilines is 1. The van der Waals surface area contributed by atoms with Crippen molar-refractivity contribution in [3.8, 4) is 0 Å². The number of carbonyl (C=O) groups excluding carboxylic acids is 1. The van der Waals surface area contributed by atoms with Crippen LogP contribution < -0.4 is 10.2 Å². The predicted octanol–water partition coefficient (Wildman–Crippen LogP) is 4.16. The lowest BCUT2D eigenvalue weighted by Gasteiger charge is -2.25. The number of ether oxygens (including phenoxy) is 1. The minimum atomic E-state index is -0.517. The Kier molecular flexibility index (Phi) is 8.43. The van der Waals surface area contributed by atoms with E-state index in [-0.39, 0.29) is 5.82 Å². The average molecular weight is 298 g/mol. The molecule has 0 bridgehead atoms. The Balaban J connectivity index is 0.00000191. The second-order valence-electron chi connectivity index (χ2n) is 5.17. The van der Waals surface area contributed by atoms with Crippen molar-refractivity contribution in [2.75, 3.05) is 18.1 Å². The molecule has 1 aromatic rings. The summed E-state index contributed by atoms with van der Waals surface area (Å²) in [5.74, 6) is -0.278. The third-order valence-corrected chi connectivity index (χ3v) is 2.39. The van der Waals surface area contributed by atoms with Gasteiger partial charge in [-0.05, 0) is 52.0 Å². The first-order valence-corrected chi connectivity index (χ1v) is 7.29. The van der Waals surface area contributed by atoms with Crippen LogP contribution in [0.4, 0.5) is 14.9 Å². The van der Waals surface area contributed by atoms with Crippen LogP contribution in [0.1, 0.15) is 41.5 Å². The van der Waals surface area contributed by atoms with Crippen molar-refractivity contribution < 1.29 is 13.9 Å². The summed E-state index contributed by atoms with van der Waals surface area (Å²) in [6.45, 7) is 12.4. The van der Waals surface area contributed by atoms with Gasteiger partial charge in [0.2, 0.25) is 0 Å². The van der Waals surface area contributed by atoms with Gasteiger partial charge < -0.3 is 15.0 Å². The first-order valence-electron chi connectivity index (χ1n) is 7.29. The number of hydrogen-bond acceptors (Lipinski definition) is 3. The highest BCUT2D eigenvalue weighted by Crippen LogP contribution is 2.13. The molecule has 5 heteroatoms. The molecule has 0 aliphatic rings. The molecule has 0 saturated heterocycles. The van der Waals surface area contributed by atoms with E-state index in [0.717, 1.165) is 5.69 Å². The lowest BCUT2D eigenvalue weighted by molar-refractivity contribution is 0.0528. The summed E-state index contributed by atoms with van der Waals surface area (Å²) < 4.78 is 18.0. The zero-order valence-corrected chi connectivity index (χ0v) is 13.9. The molecule has 0 fully saturated rings. The van der Waals surface area contributed by atoms with E-state index in [4.69, 9.17) is 4.74 Å². The zero-order chi connectivity index (χ0) is 16.5. The monoisotopic (exact) mass is 298 g/mol. The molecule has 1 aromatic carbocycles. The Morgan fingerprint density at radius 3 is 2.19 bits per heavy atom. The van der Waals surface area contributed by atoms with Crippen molar-refractivity contribution in [2.24, 2.45) is 0 Å². The molecule has 0 atom stereocenters. The van der Waals surface area contributed by atoms with E-state index < -0.39 is 11.7 Å². The van der Waals surface area contributed by atoms with Crippen LogP contribution in [0.3, 0.4) is 0 Å². The summed E-state index contributed by atoms with van der Waals surface area (Å²) in [5, 5.41) is 2.67. The molecule has 0 spiro atoms. The van der Waals surface area contributed by atoms with E-state index in [1.165, 1.54) is 12.1 Å². The van der Waals surface area contributed by atoms with Crippen molar-refractivity contribution >= 4 is 11.8 Å². The van der Waals surface area contributed by atoms with E-state index in [1.54, 1.807) is 12.1 Å². The van der Waals surface area contributed by atoms with E-state index in [1.807, 2.05) is 46.4 Å². The second kappa shape index (κ2) is 9.21. The van der Waals surface area contributed by atoms with Crippen molar-refractivity contribution in [1.82, 2.24) is 5.32 Å². The predicted molar refractivity (Wildman–Crippen MR) is 85.0 cm³/mol. The van der Waals surface area contributed by atoms with E-state index in [2.05, 4.69) is 5.32 Å². The minimum absolute atomic E-state index is 0.278. The lowest BCUT2D eigenvalue weighted by Crippen LogP contribution is -2.40. The van der Waals surface area contributed by atoms with Gasteiger partial charge >= 0.3 is 6.09 Å². The Hall–Kier alpha value is -1.78.